The molecule has 202 valence electrons. The van der Waals surface area contributed by atoms with E-state index in [1.54, 1.807) is 38.1 Å². The number of nitrogens with one attached hydrogen (secondary N) is 1. The average Bonchev–Trinajstić information content (AvgIpc) is 3.06. The predicted octanol–water partition coefficient (Wildman–Crippen LogP) is 5.46. The van der Waals surface area contributed by atoms with Gasteiger partial charge in [0.25, 0.3) is 5.91 Å². The third-order valence-corrected chi connectivity index (χ3v) is 7.88. The number of carbonyl (C=O) groups excluding carboxylic acids is 3. The number of rotatable bonds is 7. The molecule has 4 rings (SSSR count). The summed E-state index contributed by atoms with van der Waals surface area (Å²) in [5, 5.41) is 2.06. The Bertz CT molecular complexity index is 1090. The lowest BCUT2D eigenvalue weighted by molar-refractivity contribution is -0.194. The molecule has 3 aliphatic rings. The number of methoxy groups -OCH3 is 1. The average molecular weight is 521 g/mol. The van der Waals surface area contributed by atoms with E-state index in [1.807, 2.05) is 0 Å². The quantitative estimate of drug-likeness (QED) is 0.518. The van der Waals surface area contributed by atoms with E-state index < -0.39 is 40.3 Å². The fourth-order valence-corrected chi connectivity index (χ4v) is 5.99. The third-order valence-electron chi connectivity index (χ3n) is 7.88. The summed E-state index contributed by atoms with van der Waals surface area (Å²) in [7, 11) is 1.50. The Kier molecular flexibility index (Phi) is 7.45. The van der Waals surface area contributed by atoms with Gasteiger partial charge in [0, 0.05) is 18.5 Å². The minimum absolute atomic E-state index is 0.0481. The molecule has 1 unspecified atom stereocenters. The zero-order valence-corrected chi connectivity index (χ0v) is 21.7. The van der Waals surface area contributed by atoms with Gasteiger partial charge in [0.05, 0.1) is 19.2 Å². The lowest BCUT2D eigenvalue weighted by atomic mass is 9.72. The van der Waals surface area contributed by atoms with Crippen LogP contribution in [0.3, 0.4) is 0 Å². The van der Waals surface area contributed by atoms with Crippen LogP contribution in [0.5, 0.6) is 5.75 Å². The highest BCUT2D eigenvalue weighted by Crippen LogP contribution is 2.52. The molecule has 0 saturated heterocycles. The number of alkyl halides is 3. The normalized spacial score (nSPS) is 24.3. The Morgan fingerprint density at radius 2 is 1.73 bits per heavy atom. The highest BCUT2D eigenvalue weighted by Gasteiger charge is 2.71. The Hall–Kier alpha value is -2.84. The fraction of sp³-hybridized carbons (Fsp3) is 0.607. The van der Waals surface area contributed by atoms with E-state index in [0.29, 0.717) is 23.7 Å². The molecule has 1 aromatic carbocycles. The lowest BCUT2D eigenvalue weighted by Gasteiger charge is -2.35. The number of halogens is 3. The van der Waals surface area contributed by atoms with Crippen molar-refractivity contribution in [2.75, 3.05) is 7.11 Å². The SMILES string of the molecule is COc1ccc(CN2C(=O)C(NC(=O)CCC3CCCCC3)(C(F)(F)F)C3=C2CC(C)(C)CC3=O)cc1. The summed E-state index contributed by atoms with van der Waals surface area (Å²) < 4.78 is 49.9. The fourth-order valence-electron chi connectivity index (χ4n) is 5.99. The number of ether oxygens (including phenoxy) is 1. The first-order valence-corrected chi connectivity index (χ1v) is 13.0. The molecule has 37 heavy (non-hydrogen) atoms. The van der Waals surface area contributed by atoms with Crippen LogP contribution in [-0.4, -0.2) is 41.3 Å². The number of hydrogen-bond donors (Lipinski definition) is 1. The summed E-state index contributed by atoms with van der Waals surface area (Å²) in [5.41, 5.74) is -3.98. The topological polar surface area (TPSA) is 75.7 Å². The molecule has 0 aromatic heterocycles. The second-order valence-electron chi connectivity index (χ2n) is 11.3. The maximum Gasteiger partial charge on any atom is 0.425 e. The summed E-state index contributed by atoms with van der Waals surface area (Å²) in [6, 6.07) is 6.65. The van der Waals surface area contributed by atoms with E-state index >= 15 is 0 Å². The number of hydrogen-bond acceptors (Lipinski definition) is 4. The van der Waals surface area contributed by atoms with Gasteiger partial charge in [-0.3, -0.25) is 14.4 Å². The summed E-state index contributed by atoms with van der Waals surface area (Å²) >= 11 is 0. The van der Waals surface area contributed by atoms with Gasteiger partial charge in [0.1, 0.15) is 5.75 Å². The van der Waals surface area contributed by atoms with Crippen molar-refractivity contribution in [3.63, 3.8) is 0 Å². The molecule has 0 bridgehead atoms. The largest absolute Gasteiger partial charge is 0.497 e. The minimum Gasteiger partial charge on any atom is -0.497 e. The van der Waals surface area contributed by atoms with Crippen molar-refractivity contribution < 1.29 is 32.3 Å². The van der Waals surface area contributed by atoms with Gasteiger partial charge in [0.15, 0.2) is 5.78 Å². The molecule has 1 heterocycles. The van der Waals surface area contributed by atoms with Gasteiger partial charge in [-0.15, -0.1) is 0 Å². The zero-order chi connectivity index (χ0) is 27.0. The standard InChI is InChI=1S/C28H35F3N2O4/c1-26(2)15-21-24(22(34)16-26)27(28(29,30)31,32-23(35)14-11-18-7-5-4-6-8-18)25(36)33(21)17-19-9-12-20(37-3)13-10-19/h9-10,12-13,18H,4-8,11,14-17H2,1-3H3,(H,32,35). The van der Waals surface area contributed by atoms with Crippen molar-refractivity contribution >= 4 is 17.6 Å². The molecule has 1 aliphatic heterocycles. The van der Waals surface area contributed by atoms with Crippen LogP contribution in [0, 0.1) is 11.3 Å². The predicted molar refractivity (Wildman–Crippen MR) is 131 cm³/mol. The molecule has 0 spiro atoms. The maximum absolute atomic E-state index is 14.9. The van der Waals surface area contributed by atoms with Gasteiger partial charge >= 0.3 is 6.18 Å². The van der Waals surface area contributed by atoms with Crippen LogP contribution < -0.4 is 10.1 Å². The summed E-state index contributed by atoms with van der Waals surface area (Å²) in [4.78, 5) is 41.0. The third kappa shape index (κ3) is 5.27. The van der Waals surface area contributed by atoms with E-state index in [1.165, 1.54) is 7.11 Å². The maximum atomic E-state index is 14.9. The van der Waals surface area contributed by atoms with Crippen LogP contribution in [0.4, 0.5) is 13.2 Å². The summed E-state index contributed by atoms with van der Waals surface area (Å²) in [6.45, 7) is 3.43. The molecule has 9 heteroatoms. The van der Waals surface area contributed by atoms with Gasteiger partial charge < -0.3 is 15.0 Å². The van der Waals surface area contributed by atoms with Crippen molar-refractivity contribution in [1.82, 2.24) is 10.2 Å². The molecule has 6 nitrogen and oxygen atoms in total. The van der Waals surface area contributed by atoms with Crippen molar-refractivity contribution in [1.29, 1.82) is 0 Å². The van der Waals surface area contributed by atoms with E-state index in [9.17, 15) is 27.6 Å². The number of Topliss-reactive ketones (excluding diaryl/α,β-unsaturated/α-hetero) is 1. The molecule has 2 amide bonds. The Balaban J connectivity index is 1.69. The van der Waals surface area contributed by atoms with Crippen molar-refractivity contribution in [2.24, 2.45) is 11.3 Å². The molecule has 1 saturated carbocycles. The highest BCUT2D eigenvalue weighted by atomic mass is 19.4. The number of carbonyl (C=O) groups is 3. The number of ketones is 1. The van der Waals surface area contributed by atoms with Gasteiger partial charge in [-0.05, 0) is 41.9 Å². The molecular weight excluding hydrogens is 485 g/mol. The summed E-state index contributed by atoms with van der Waals surface area (Å²) in [5.74, 6) is -2.06. The van der Waals surface area contributed by atoms with E-state index in [-0.39, 0.29) is 31.5 Å². The smallest absolute Gasteiger partial charge is 0.425 e. The van der Waals surface area contributed by atoms with Crippen molar-refractivity contribution in [2.45, 2.75) is 89.9 Å². The highest BCUT2D eigenvalue weighted by molar-refractivity contribution is 6.13. The number of nitrogens with zero attached hydrogens (tertiary/aromatic N) is 1. The Labute approximate surface area is 215 Å². The van der Waals surface area contributed by atoms with Crippen molar-refractivity contribution in [3.05, 3.63) is 41.1 Å². The van der Waals surface area contributed by atoms with Crippen LogP contribution >= 0.6 is 0 Å². The minimum atomic E-state index is -5.18. The first kappa shape index (κ1) is 27.2. The molecule has 1 atom stereocenters. The molecule has 1 N–H and O–H groups in total. The van der Waals surface area contributed by atoms with Crippen molar-refractivity contribution in [3.8, 4) is 5.75 Å². The van der Waals surface area contributed by atoms with Crippen LogP contribution in [0.25, 0.3) is 0 Å². The summed E-state index contributed by atoms with van der Waals surface area (Å²) in [6.07, 6.45) is 0.301. The second-order valence-corrected chi connectivity index (χ2v) is 11.3. The van der Waals surface area contributed by atoms with E-state index in [0.717, 1.165) is 37.0 Å². The number of benzene rings is 1. The first-order chi connectivity index (χ1) is 17.4. The van der Waals surface area contributed by atoms with E-state index in [4.69, 9.17) is 4.74 Å². The van der Waals surface area contributed by atoms with Gasteiger partial charge in [0.2, 0.25) is 11.4 Å². The van der Waals surface area contributed by atoms with Gasteiger partial charge in [-0.1, -0.05) is 58.1 Å². The van der Waals surface area contributed by atoms with E-state index in [2.05, 4.69) is 5.32 Å². The Morgan fingerprint density at radius 3 is 2.32 bits per heavy atom. The number of amides is 2. The molecule has 1 aromatic rings. The van der Waals surface area contributed by atoms with Gasteiger partial charge in [-0.25, -0.2) is 0 Å². The molecule has 2 aliphatic carbocycles. The lowest BCUT2D eigenvalue weighted by Crippen LogP contribution is -2.66. The monoisotopic (exact) mass is 520 g/mol. The van der Waals surface area contributed by atoms with Crippen LogP contribution in [0.1, 0.15) is 77.2 Å². The van der Waals surface area contributed by atoms with Crippen LogP contribution in [0.15, 0.2) is 35.5 Å². The Morgan fingerprint density at radius 1 is 1.08 bits per heavy atom. The van der Waals surface area contributed by atoms with Gasteiger partial charge in [-0.2, -0.15) is 13.2 Å². The number of allylic oxidation sites excluding steroid dienone is 1. The molecule has 1 fully saturated rings. The molecular formula is C28H35F3N2O4. The zero-order valence-electron chi connectivity index (χ0n) is 21.7. The van der Waals surface area contributed by atoms with Crippen LogP contribution in [-0.2, 0) is 20.9 Å². The second kappa shape index (κ2) is 10.1. The first-order valence-electron chi connectivity index (χ1n) is 13.0. The molecule has 0 radical (unpaired) electrons. The van der Waals surface area contributed by atoms with Crippen LogP contribution in [0.2, 0.25) is 0 Å².